The van der Waals surface area contributed by atoms with Gasteiger partial charge in [0.05, 0.1) is 0 Å². The van der Waals surface area contributed by atoms with E-state index in [4.69, 9.17) is 4.42 Å². The minimum Gasteiger partial charge on any atom is -0.436 e. The highest BCUT2D eigenvalue weighted by Crippen LogP contribution is 2.30. The van der Waals surface area contributed by atoms with E-state index in [9.17, 15) is 0 Å². The van der Waals surface area contributed by atoms with Crippen molar-refractivity contribution >= 4 is 11.1 Å². The quantitative estimate of drug-likeness (QED) is 0.721. The zero-order valence-electron chi connectivity index (χ0n) is 10.5. The molecule has 0 amide bonds. The summed E-state index contributed by atoms with van der Waals surface area (Å²) in [5.41, 5.74) is 5.63. The lowest BCUT2D eigenvalue weighted by molar-refractivity contribution is 0.611. The fourth-order valence-corrected chi connectivity index (χ4v) is 2.72. The second-order valence-electron chi connectivity index (χ2n) is 4.86. The van der Waals surface area contributed by atoms with Gasteiger partial charge in [0.2, 0.25) is 5.89 Å². The van der Waals surface area contributed by atoms with E-state index in [1.807, 2.05) is 24.3 Å². The highest BCUT2D eigenvalue weighted by Gasteiger charge is 2.17. The molecule has 0 aliphatic carbocycles. The van der Waals surface area contributed by atoms with Crippen LogP contribution in [-0.4, -0.2) is 11.5 Å². The molecule has 2 aromatic carbocycles. The number of oxazole rings is 1. The molecule has 2 heterocycles. The van der Waals surface area contributed by atoms with Crippen LogP contribution in [0.5, 0.6) is 0 Å². The molecule has 3 aromatic rings. The Morgan fingerprint density at radius 1 is 1.05 bits per heavy atom. The largest absolute Gasteiger partial charge is 0.436 e. The smallest absolute Gasteiger partial charge is 0.227 e. The fourth-order valence-electron chi connectivity index (χ4n) is 2.72. The molecule has 0 saturated heterocycles. The van der Waals surface area contributed by atoms with Crippen molar-refractivity contribution in [3.8, 4) is 11.5 Å². The SMILES string of the molecule is c1cc2c(c(-c3nc4ccccc4o3)c1)CCNC2. The first-order chi connectivity index (χ1) is 9.42. The summed E-state index contributed by atoms with van der Waals surface area (Å²) in [6, 6.07) is 14.3. The van der Waals surface area contributed by atoms with Gasteiger partial charge in [0.1, 0.15) is 5.52 Å². The maximum Gasteiger partial charge on any atom is 0.227 e. The Hall–Kier alpha value is -2.13. The average molecular weight is 250 g/mol. The Bertz CT molecular complexity index is 712. The number of nitrogens with zero attached hydrogens (tertiary/aromatic N) is 1. The first kappa shape index (κ1) is 10.8. The third-order valence-electron chi connectivity index (χ3n) is 3.66. The zero-order chi connectivity index (χ0) is 12.7. The summed E-state index contributed by atoms with van der Waals surface area (Å²) in [4.78, 5) is 4.60. The van der Waals surface area contributed by atoms with Gasteiger partial charge in [-0.2, -0.15) is 0 Å². The third kappa shape index (κ3) is 1.74. The number of para-hydroxylation sites is 2. The molecule has 0 fully saturated rings. The Kier molecular flexibility index (Phi) is 2.38. The third-order valence-corrected chi connectivity index (χ3v) is 3.66. The maximum atomic E-state index is 5.89. The van der Waals surface area contributed by atoms with Crippen LogP contribution in [0, 0.1) is 0 Å². The van der Waals surface area contributed by atoms with Crippen LogP contribution in [0.3, 0.4) is 0 Å². The number of hydrogen-bond acceptors (Lipinski definition) is 3. The van der Waals surface area contributed by atoms with Crippen LogP contribution in [0.1, 0.15) is 11.1 Å². The van der Waals surface area contributed by atoms with Gasteiger partial charge in [-0.25, -0.2) is 4.98 Å². The van der Waals surface area contributed by atoms with E-state index in [2.05, 4.69) is 28.5 Å². The van der Waals surface area contributed by atoms with Crippen LogP contribution in [0.25, 0.3) is 22.6 Å². The molecule has 0 spiro atoms. The van der Waals surface area contributed by atoms with Gasteiger partial charge < -0.3 is 9.73 Å². The van der Waals surface area contributed by atoms with Gasteiger partial charge in [-0.05, 0) is 42.3 Å². The van der Waals surface area contributed by atoms with Gasteiger partial charge in [0, 0.05) is 12.1 Å². The molecule has 1 aliphatic rings. The van der Waals surface area contributed by atoms with E-state index in [-0.39, 0.29) is 0 Å². The number of hydrogen-bond donors (Lipinski definition) is 1. The topological polar surface area (TPSA) is 38.1 Å². The van der Waals surface area contributed by atoms with E-state index in [0.29, 0.717) is 0 Å². The molecule has 0 atom stereocenters. The van der Waals surface area contributed by atoms with Crippen molar-refractivity contribution in [3.63, 3.8) is 0 Å². The number of fused-ring (bicyclic) bond motifs is 2. The van der Waals surface area contributed by atoms with Crippen molar-refractivity contribution < 1.29 is 4.42 Å². The van der Waals surface area contributed by atoms with Crippen molar-refractivity contribution in [2.75, 3.05) is 6.54 Å². The lowest BCUT2D eigenvalue weighted by Crippen LogP contribution is -2.24. The predicted octanol–water partition coefficient (Wildman–Crippen LogP) is 3.14. The first-order valence-corrected chi connectivity index (χ1v) is 6.59. The molecule has 3 heteroatoms. The van der Waals surface area contributed by atoms with Crippen LogP contribution >= 0.6 is 0 Å². The first-order valence-electron chi connectivity index (χ1n) is 6.59. The molecule has 1 N–H and O–H groups in total. The summed E-state index contributed by atoms with van der Waals surface area (Å²) >= 11 is 0. The van der Waals surface area contributed by atoms with Crippen molar-refractivity contribution in [2.24, 2.45) is 0 Å². The van der Waals surface area contributed by atoms with Crippen LogP contribution in [0.4, 0.5) is 0 Å². The minimum atomic E-state index is 0.736. The Labute approximate surface area is 111 Å². The summed E-state index contributed by atoms with van der Waals surface area (Å²) in [5.74, 6) is 0.736. The lowest BCUT2D eigenvalue weighted by Gasteiger charge is -2.18. The number of benzene rings is 2. The molecule has 3 nitrogen and oxygen atoms in total. The monoisotopic (exact) mass is 250 g/mol. The number of nitrogens with one attached hydrogen (secondary N) is 1. The highest BCUT2D eigenvalue weighted by molar-refractivity contribution is 5.77. The zero-order valence-corrected chi connectivity index (χ0v) is 10.5. The Morgan fingerprint density at radius 2 is 2.00 bits per heavy atom. The summed E-state index contributed by atoms with van der Waals surface area (Å²) in [6.45, 7) is 1.95. The second kappa shape index (κ2) is 4.21. The average Bonchev–Trinajstić information content (AvgIpc) is 2.90. The summed E-state index contributed by atoms with van der Waals surface area (Å²) < 4.78 is 5.89. The van der Waals surface area contributed by atoms with E-state index in [1.165, 1.54) is 11.1 Å². The fraction of sp³-hybridized carbons (Fsp3) is 0.188. The van der Waals surface area contributed by atoms with Crippen LogP contribution in [-0.2, 0) is 13.0 Å². The minimum absolute atomic E-state index is 0.736. The summed E-state index contributed by atoms with van der Waals surface area (Å²) in [5, 5.41) is 3.40. The van der Waals surface area contributed by atoms with Crippen molar-refractivity contribution in [1.29, 1.82) is 0 Å². The Morgan fingerprint density at radius 3 is 2.95 bits per heavy atom. The van der Waals surface area contributed by atoms with Gasteiger partial charge >= 0.3 is 0 Å². The molecule has 1 aromatic heterocycles. The van der Waals surface area contributed by atoms with E-state index >= 15 is 0 Å². The number of rotatable bonds is 1. The van der Waals surface area contributed by atoms with Crippen molar-refractivity contribution in [3.05, 3.63) is 53.6 Å². The molecule has 0 saturated carbocycles. The maximum absolute atomic E-state index is 5.89. The van der Waals surface area contributed by atoms with E-state index in [1.54, 1.807) is 0 Å². The van der Waals surface area contributed by atoms with E-state index < -0.39 is 0 Å². The molecule has 19 heavy (non-hydrogen) atoms. The van der Waals surface area contributed by atoms with Gasteiger partial charge in [0.25, 0.3) is 0 Å². The van der Waals surface area contributed by atoms with Crippen LogP contribution in [0.15, 0.2) is 46.9 Å². The second-order valence-corrected chi connectivity index (χ2v) is 4.86. The van der Waals surface area contributed by atoms with Gasteiger partial charge in [-0.3, -0.25) is 0 Å². The molecule has 1 aliphatic heterocycles. The molecule has 0 bridgehead atoms. The molecular formula is C16H14N2O. The van der Waals surface area contributed by atoms with Crippen molar-refractivity contribution in [2.45, 2.75) is 13.0 Å². The normalized spacial score (nSPS) is 14.5. The predicted molar refractivity (Wildman–Crippen MR) is 74.9 cm³/mol. The lowest BCUT2D eigenvalue weighted by atomic mass is 9.95. The molecule has 0 unspecified atom stereocenters. The van der Waals surface area contributed by atoms with Crippen molar-refractivity contribution in [1.82, 2.24) is 10.3 Å². The molecular weight excluding hydrogens is 236 g/mol. The van der Waals surface area contributed by atoms with Crippen LogP contribution < -0.4 is 5.32 Å². The summed E-state index contributed by atoms with van der Waals surface area (Å²) in [6.07, 6.45) is 1.03. The highest BCUT2D eigenvalue weighted by atomic mass is 16.3. The van der Waals surface area contributed by atoms with Gasteiger partial charge in [-0.1, -0.05) is 24.3 Å². The van der Waals surface area contributed by atoms with Gasteiger partial charge in [0.15, 0.2) is 5.58 Å². The standard InChI is InChI=1S/C16H14N2O/c1-2-7-15-14(6-1)18-16(19-15)13-5-3-4-11-10-17-9-8-12(11)13/h1-7,17H,8-10H2. The number of aromatic nitrogens is 1. The molecule has 94 valence electrons. The molecule has 0 radical (unpaired) electrons. The van der Waals surface area contributed by atoms with Gasteiger partial charge in [-0.15, -0.1) is 0 Å². The van der Waals surface area contributed by atoms with Crippen LogP contribution in [0.2, 0.25) is 0 Å². The Balaban J connectivity index is 1.92. The van der Waals surface area contributed by atoms with E-state index in [0.717, 1.165) is 42.1 Å². The summed E-state index contributed by atoms with van der Waals surface area (Å²) in [7, 11) is 0. The molecule has 4 rings (SSSR count).